The molecule has 0 aliphatic heterocycles. The standard InChI is InChI=1S/C34H42N6O4S/c1-7-39(34(3,4)5)45-21-24-9-8-10-27(19-24)37-32(43)25-12-14-26(15-13-25)36-28-16-17-29-30(20-28)38(6)33(44)40(29)23(2)11-18-31(42)35-22-41/h8-10,12-17,19-20,22-23,36H,7,11,18,21H2,1-6H3,(H,37,43)(H,35,41,42). The van der Waals surface area contributed by atoms with Gasteiger partial charge in [0.1, 0.15) is 0 Å². The van der Waals surface area contributed by atoms with E-state index in [1.165, 1.54) is 0 Å². The second-order valence-electron chi connectivity index (χ2n) is 12.0. The van der Waals surface area contributed by atoms with Gasteiger partial charge < -0.3 is 10.6 Å². The highest BCUT2D eigenvalue weighted by molar-refractivity contribution is 7.96. The molecule has 3 aromatic carbocycles. The predicted molar refractivity (Wildman–Crippen MR) is 183 cm³/mol. The molecule has 11 heteroatoms. The first-order chi connectivity index (χ1) is 21.4. The van der Waals surface area contributed by atoms with Gasteiger partial charge in [-0.05, 0) is 94.3 Å². The first kappa shape index (κ1) is 33.5. The maximum Gasteiger partial charge on any atom is 0.329 e. The third kappa shape index (κ3) is 8.43. The molecule has 4 rings (SSSR count). The second kappa shape index (κ2) is 14.6. The number of hydrogen-bond donors (Lipinski definition) is 3. The monoisotopic (exact) mass is 630 g/mol. The molecular weight excluding hydrogens is 588 g/mol. The van der Waals surface area contributed by atoms with Gasteiger partial charge >= 0.3 is 5.69 Å². The number of nitrogens with one attached hydrogen (secondary N) is 3. The summed E-state index contributed by atoms with van der Waals surface area (Å²) >= 11 is 1.79. The molecule has 10 nitrogen and oxygen atoms in total. The summed E-state index contributed by atoms with van der Waals surface area (Å²) in [5, 5.41) is 8.49. The van der Waals surface area contributed by atoms with E-state index in [1.807, 2.05) is 55.5 Å². The van der Waals surface area contributed by atoms with Gasteiger partial charge in [0, 0.05) is 60.0 Å². The largest absolute Gasteiger partial charge is 0.355 e. The molecule has 0 fully saturated rings. The highest BCUT2D eigenvalue weighted by atomic mass is 32.2. The first-order valence-electron chi connectivity index (χ1n) is 15.0. The van der Waals surface area contributed by atoms with E-state index in [0.29, 0.717) is 18.4 Å². The molecule has 1 unspecified atom stereocenters. The lowest BCUT2D eigenvalue weighted by Crippen LogP contribution is -2.35. The number of carbonyl (C=O) groups is 3. The van der Waals surface area contributed by atoms with Gasteiger partial charge in [0.2, 0.25) is 12.3 Å². The van der Waals surface area contributed by atoms with Crippen LogP contribution in [0.4, 0.5) is 17.1 Å². The highest BCUT2D eigenvalue weighted by Gasteiger charge is 2.20. The Morgan fingerprint density at radius 3 is 2.36 bits per heavy atom. The van der Waals surface area contributed by atoms with E-state index in [9.17, 15) is 19.2 Å². The molecule has 1 heterocycles. The van der Waals surface area contributed by atoms with E-state index in [-0.39, 0.29) is 35.5 Å². The van der Waals surface area contributed by atoms with Crippen molar-refractivity contribution in [2.45, 2.75) is 64.8 Å². The van der Waals surface area contributed by atoms with Crippen molar-refractivity contribution in [1.29, 1.82) is 0 Å². The van der Waals surface area contributed by atoms with Crippen molar-refractivity contribution in [3.63, 3.8) is 0 Å². The number of hydrogen-bond acceptors (Lipinski definition) is 7. The Labute approximate surface area is 268 Å². The maximum atomic E-state index is 13.0. The Bertz CT molecular complexity index is 1720. The van der Waals surface area contributed by atoms with Crippen LogP contribution in [0.3, 0.4) is 0 Å². The molecule has 4 aromatic rings. The second-order valence-corrected chi connectivity index (χ2v) is 13.0. The van der Waals surface area contributed by atoms with Crippen LogP contribution in [0.5, 0.6) is 0 Å². The number of imide groups is 1. The summed E-state index contributed by atoms with van der Waals surface area (Å²) in [6, 6.07) is 20.6. The van der Waals surface area contributed by atoms with Crippen molar-refractivity contribution in [3.8, 4) is 0 Å². The smallest absolute Gasteiger partial charge is 0.329 e. The highest BCUT2D eigenvalue weighted by Crippen LogP contribution is 2.28. The Hall–Kier alpha value is -4.35. The van der Waals surface area contributed by atoms with Crippen LogP contribution in [0.15, 0.2) is 71.5 Å². The Kier molecular flexibility index (Phi) is 10.9. The fourth-order valence-corrected chi connectivity index (χ4v) is 6.25. The van der Waals surface area contributed by atoms with E-state index in [2.05, 4.69) is 54.0 Å². The van der Waals surface area contributed by atoms with Gasteiger partial charge in [0.15, 0.2) is 0 Å². The van der Waals surface area contributed by atoms with Gasteiger partial charge in [-0.1, -0.05) is 31.0 Å². The fourth-order valence-electron chi connectivity index (χ4n) is 5.20. The van der Waals surface area contributed by atoms with Gasteiger partial charge in [0.05, 0.1) is 11.0 Å². The van der Waals surface area contributed by atoms with Crippen LogP contribution in [0.1, 0.15) is 69.4 Å². The van der Waals surface area contributed by atoms with Crippen LogP contribution in [-0.2, 0) is 22.4 Å². The molecule has 0 aliphatic rings. The summed E-state index contributed by atoms with van der Waals surface area (Å²) in [7, 11) is 1.71. The zero-order valence-electron chi connectivity index (χ0n) is 26.7. The third-order valence-electron chi connectivity index (χ3n) is 7.58. The number of rotatable bonds is 13. The van der Waals surface area contributed by atoms with Crippen LogP contribution in [0.25, 0.3) is 11.0 Å². The number of fused-ring (bicyclic) bond motifs is 1. The molecule has 1 aromatic heterocycles. The SMILES string of the molecule is CCN(SCc1cccc(NC(=O)c2ccc(Nc3ccc4c(c3)n(C)c(=O)n4C(C)CCC(=O)NC=O)cc2)c1)C(C)(C)C. The molecule has 3 amide bonds. The van der Waals surface area contributed by atoms with Crippen molar-refractivity contribution in [3.05, 3.63) is 88.3 Å². The van der Waals surface area contributed by atoms with Crippen molar-refractivity contribution >= 4 is 58.3 Å². The van der Waals surface area contributed by atoms with E-state index in [4.69, 9.17) is 0 Å². The van der Waals surface area contributed by atoms with Crippen LogP contribution < -0.4 is 21.6 Å². The zero-order chi connectivity index (χ0) is 32.7. The van der Waals surface area contributed by atoms with Crippen molar-refractivity contribution in [1.82, 2.24) is 18.8 Å². The lowest BCUT2D eigenvalue weighted by Gasteiger charge is -2.33. The number of anilines is 3. The minimum Gasteiger partial charge on any atom is -0.355 e. The number of amides is 3. The van der Waals surface area contributed by atoms with Crippen molar-refractivity contribution < 1.29 is 14.4 Å². The van der Waals surface area contributed by atoms with Gasteiger partial charge in [-0.25, -0.2) is 9.10 Å². The van der Waals surface area contributed by atoms with Crippen LogP contribution >= 0.6 is 11.9 Å². The van der Waals surface area contributed by atoms with E-state index in [1.54, 1.807) is 40.3 Å². The predicted octanol–water partition coefficient (Wildman–Crippen LogP) is 6.22. The normalized spacial score (nSPS) is 12.2. The Balaban J connectivity index is 1.40. The number of benzene rings is 3. The van der Waals surface area contributed by atoms with Gasteiger partial charge in [-0.2, -0.15) is 0 Å². The summed E-state index contributed by atoms with van der Waals surface area (Å²) in [6.07, 6.45) is 0.915. The summed E-state index contributed by atoms with van der Waals surface area (Å²) in [5.41, 5.74) is 5.40. The average Bonchev–Trinajstić information content (AvgIpc) is 3.25. The van der Waals surface area contributed by atoms with Gasteiger partial charge in [-0.15, -0.1) is 0 Å². The molecule has 0 saturated heterocycles. The first-order valence-corrected chi connectivity index (χ1v) is 16.0. The Morgan fingerprint density at radius 2 is 1.69 bits per heavy atom. The molecule has 238 valence electrons. The third-order valence-corrected chi connectivity index (χ3v) is 9.16. The average molecular weight is 631 g/mol. The van der Waals surface area contributed by atoms with E-state index >= 15 is 0 Å². The molecule has 45 heavy (non-hydrogen) atoms. The molecule has 0 saturated carbocycles. The van der Waals surface area contributed by atoms with E-state index < -0.39 is 0 Å². The number of imidazole rings is 1. The summed E-state index contributed by atoms with van der Waals surface area (Å²) in [4.78, 5) is 48.3. The number of aromatic nitrogens is 2. The van der Waals surface area contributed by atoms with Crippen molar-refractivity contribution in [2.24, 2.45) is 7.05 Å². The summed E-state index contributed by atoms with van der Waals surface area (Å²) < 4.78 is 5.60. The number of nitrogens with zero attached hydrogens (tertiary/aromatic N) is 3. The van der Waals surface area contributed by atoms with Crippen LogP contribution in [0, 0.1) is 0 Å². The summed E-state index contributed by atoms with van der Waals surface area (Å²) in [5.74, 6) is 0.256. The molecule has 0 aliphatic carbocycles. The molecule has 0 bridgehead atoms. The van der Waals surface area contributed by atoms with E-state index in [0.717, 1.165) is 46.0 Å². The summed E-state index contributed by atoms with van der Waals surface area (Å²) in [6.45, 7) is 11.6. The van der Waals surface area contributed by atoms with Gasteiger partial charge in [0.25, 0.3) is 5.91 Å². The number of aryl methyl sites for hydroxylation is 1. The van der Waals surface area contributed by atoms with Crippen LogP contribution in [-0.4, -0.2) is 43.7 Å². The minimum atomic E-state index is -0.376. The molecule has 1 atom stereocenters. The quantitative estimate of drug-likeness (QED) is 0.119. The maximum absolute atomic E-state index is 13.0. The molecule has 0 spiro atoms. The zero-order valence-corrected chi connectivity index (χ0v) is 27.5. The van der Waals surface area contributed by atoms with Crippen molar-refractivity contribution in [2.75, 3.05) is 17.2 Å². The van der Waals surface area contributed by atoms with Gasteiger partial charge in [-0.3, -0.25) is 28.8 Å². The molecule has 0 radical (unpaired) electrons. The lowest BCUT2D eigenvalue weighted by molar-refractivity contribution is -0.125. The molecular formula is C34H42N6O4S. The topological polar surface area (TPSA) is 117 Å². The van der Waals surface area contributed by atoms with Crippen LogP contribution in [0.2, 0.25) is 0 Å². The Morgan fingerprint density at radius 1 is 0.978 bits per heavy atom. The minimum absolute atomic E-state index is 0.0724. The fraction of sp³-hybridized carbons (Fsp3) is 0.353. The number of carbonyl (C=O) groups excluding carboxylic acids is 3. The molecule has 3 N–H and O–H groups in total. The lowest BCUT2D eigenvalue weighted by atomic mass is 10.1.